The molecule has 1 fully saturated rings. The molecule has 108 valence electrons. The van der Waals surface area contributed by atoms with Gasteiger partial charge in [0, 0.05) is 12.5 Å². The first-order valence-electron chi connectivity index (χ1n) is 7.44. The maximum absolute atomic E-state index is 12.2. The average molecular weight is 294 g/mol. The summed E-state index contributed by atoms with van der Waals surface area (Å²) in [6, 6.07) is 6.11. The first kappa shape index (κ1) is 13.7. The lowest BCUT2D eigenvalue weighted by atomic mass is 9.95. The maximum atomic E-state index is 12.2. The van der Waals surface area contributed by atoms with E-state index in [0.29, 0.717) is 6.04 Å². The van der Waals surface area contributed by atoms with Gasteiger partial charge in [-0.15, -0.1) is 11.6 Å². The number of fused-ring (bicyclic) bond motifs is 1. The smallest absolute Gasteiger partial charge is 0.242 e. The van der Waals surface area contributed by atoms with Crippen LogP contribution in [0.5, 0.6) is 5.75 Å². The predicted octanol–water partition coefficient (Wildman–Crippen LogP) is 3.35. The Labute approximate surface area is 124 Å². The molecule has 1 amide bonds. The first-order chi connectivity index (χ1) is 9.74. The molecule has 2 aliphatic rings. The van der Waals surface area contributed by atoms with Crippen molar-refractivity contribution in [3.8, 4) is 5.75 Å². The number of amides is 1. The molecule has 3 rings (SSSR count). The van der Waals surface area contributed by atoms with Crippen LogP contribution in [0.4, 0.5) is 0 Å². The van der Waals surface area contributed by atoms with Gasteiger partial charge in [0.1, 0.15) is 11.1 Å². The standard InChI is InChI=1S/C16H20ClNO2/c17-15(16(19)18-13-4-2-1-3-5-13)12-6-7-14-11(10-12)8-9-20-14/h6-7,10,13,15H,1-5,8-9H2,(H,18,19). The van der Waals surface area contributed by atoms with Crippen LogP contribution in [0.15, 0.2) is 18.2 Å². The number of benzene rings is 1. The van der Waals surface area contributed by atoms with Gasteiger partial charge in [-0.25, -0.2) is 0 Å². The Morgan fingerprint density at radius 1 is 1.30 bits per heavy atom. The highest BCUT2D eigenvalue weighted by Gasteiger charge is 2.23. The summed E-state index contributed by atoms with van der Waals surface area (Å²) in [6.07, 6.45) is 6.74. The van der Waals surface area contributed by atoms with E-state index in [2.05, 4.69) is 5.32 Å². The molecule has 1 aromatic carbocycles. The summed E-state index contributed by atoms with van der Waals surface area (Å²) in [4.78, 5) is 12.2. The fraction of sp³-hybridized carbons (Fsp3) is 0.562. The highest BCUT2D eigenvalue weighted by atomic mass is 35.5. The minimum absolute atomic E-state index is 0.0718. The highest BCUT2D eigenvalue weighted by molar-refractivity contribution is 6.30. The molecule has 1 atom stereocenters. The van der Waals surface area contributed by atoms with Gasteiger partial charge in [0.15, 0.2) is 0 Å². The van der Waals surface area contributed by atoms with Crippen LogP contribution in [0.2, 0.25) is 0 Å². The van der Waals surface area contributed by atoms with E-state index in [1.807, 2.05) is 18.2 Å². The van der Waals surface area contributed by atoms with Gasteiger partial charge in [-0.05, 0) is 36.1 Å². The molecular weight excluding hydrogens is 274 g/mol. The molecule has 0 bridgehead atoms. The topological polar surface area (TPSA) is 38.3 Å². The van der Waals surface area contributed by atoms with Crippen molar-refractivity contribution in [1.29, 1.82) is 0 Å². The lowest BCUT2D eigenvalue weighted by Gasteiger charge is -2.24. The molecule has 3 nitrogen and oxygen atoms in total. The van der Waals surface area contributed by atoms with Crippen LogP contribution in [0.3, 0.4) is 0 Å². The molecule has 4 heteroatoms. The third kappa shape index (κ3) is 2.93. The third-order valence-electron chi connectivity index (χ3n) is 4.19. The number of hydrogen-bond donors (Lipinski definition) is 1. The van der Waals surface area contributed by atoms with Crippen LogP contribution >= 0.6 is 11.6 Å². The van der Waals surface area contributed by atoms with Crippen LogP contribution in [-0.4, -0.2) is 18.6 Å². The van der Waals surface area contributed by atoms with E-state index >= 15 is 0 Å². The van der Waals surface area contributed by atoms with Crippen molar-refractivity contribution in [3.05, 3.63) is 29.3 Å². The molecular formula is C16H20ClNO2. The van der Waals surface area contributed by atoms with Crippen LogP contribution in [0, 0.1) is 0 Å². The van der Waals surface area contributed by atoms with Gasteiger partial charge < -0.3 is 10.1 Å². The largest absolute Gasteiger partial charge is 0.493 e. The second-order valence-corrected chi connectivity index (χ2v) is 6.11. The summed E-state index contributed by atoms with van der Waals surface area (Å²) in [5, 5.41) is 2.47. The number of halogens is 1. The SMILES string of the molecule is O=C(NC1CCCCC1)C(Cl)c1ccc2c(c1)CCO2. The maximum Gasteiger partial charge on any atom is 0.242 e. The number of hydrogen-bond acceptors (Lipinski definition) is 2. The lowest BCUT2D eigenvalue weighted by Crippen LogP contribution is -2.38. The molecule has 20 heavy (non-hydrogen) atoms. The van der Waals surface area contributed by atoms with Gasteiger partial charge in [-0.1, -0.05) is 25.3 Å². The van der Waals surface area contributed by atoms with Crippen molar-refractivity contribution in [2.45, 2.75) is 49.9 Å². The normalized spacial score (nSPS) is 20.1. The Morgan fingerprint density at radius 2 is 2.10 bits per heavy atom. The molecule has 0 saturated heterocycles. The number of ether oxygens (including phenoxy) is 1. The summed E-state index contributed by atoms with van der Waals surface area (Å²) >= 11 is 6.32. The van der Waals surface area contributed by atoms with E-state index < -0.39 is 5.38 Å². The molecule has 1 saturated carbocycles. The van der Waals surface area contributed by atoms with Crippen LogP contribution in [-0.2, 0) is 11.2 Å². The Kier molecular flexibility index (Phi) is 4.16. The van der Waals surface area contributed by atoms with Crippen molar-refractivity contribution in [2.24, 2.45) is 0 Å². The fourth-order valence-corrected chi connectivity index (χ4v) is 3.24. The third-order valence-corrected chi connectivity index (χ3v) is 4.64. The van der Waals surface area contributed by atoms with Gasteiger partial charge in [0.05, 0.1) is 6.61 Å². The van der Waals surface area contributed by atoms with Crippen LogP contribution in [0.25, 0.3) is 0 Å². The summed E-state index contributed by atoms with van der Waals surface area (Å²) in [5.41, 5.74) is 2.02. The summed E-state index contributed by atoms with van der Waals surface area (Å²) in [7, 11) is 0. The Hall–Kier alpha value is -1.22. The number of rotatable bonds is 3. The molecule has 0 aromatic heterocycles. The van der Waals surface area contributed by atoms with Crippen molar-refractivity contribution >= 4 is 17.5 Å². The van der Waals surface area contributed by atoms with Gasteiger partial charge in [-0.3, -0.25) is 4.79 Å². The molecule has 1 aromatic rings. The monoisotopic (exact) mass is 293 g/mol. The molecule has 1 unspecified atom stereocenters. The second-order valence-electron chi connectivity index (χ2n) is 5.67. The summed E-state index contributed by atoms with van der Waals surface area (Å²) in [6.45, 7) is 0.722. The van der Waals surface area contributed by atoms with Gasteiger partial charge in [-0.2, -0.15) is 0 Å². The Bertz CT molecular complexity index is 497. The highest BCUT2D eigenvalue weighted by Crippen LogP contribution is 2.30. The van der Waals surface area contributed by atoms with Crippen molar-refractivity contribution in [3.63, 3.8) is 0 Å². The van der Waals surface area contributed by atoms with E-state index in [4.69, 9.17) is 16.3 Å². The molecule has 1 aliphatic carbocycles. The number of alkyl halides is 1. The molecule has 0 spiro atoms. The number of carbonyl (C=O) groups is 1. The van der Waals surface area contributed by atoms with E-state index in [1.54, 1.807) is 0 Å². The second kappa shape index (κ2) is 6.04. The van der Waals surface area contributed by atoms with Crippen LogP contribution < -0.4 is 10.1 Å². The molecule has 1 heterocycles. The molecule has 1 aliphatic heterocycles. The number of carbonyl (C=O) groups excluding carboxylic acids is 1. The Morgan fingerprint density at radius 3 is 2.90 bits per heavy atom. The quantitative estimate of drug-likeness (QED) is 0.868. The molecule has 1 N–H and O–H groups in total. The Balaban J connectivity index is 1.65. The summed E-state index contributed by atoms with van der Waals surface area (Å²) < 4.78 is 5.47. The van der Waals surface area contributed by atoms with Gasteiger partial charge >= 0.3 is 0 Å². The summed E-state index contributed by atoms with van der Waals surface area (Å²) in [5.74, 6) is 0.850. The molecule has 0 radical (unpaired) electrons. The zero-order chi connectivity index (χ0) is 13.9. The first-order valence-corrected chi connectivity index (χ1v) is 7.88. The van der Waals surface area contributed by atoms with Gasteiger partial charge in [0.25, 0.3) is 0 Å². The van der Waals surface area contributed by atoms with Crippen molar-refractivity contribution < 1.29 is 9.53 Å². The minimum atomic E-state index is -0.608. The van der Waals surface area contributed by atoms with Crippen LogP contribution in [0.1, 0.15) is 48.6 Å². The van der Waals surface area contributed by atoms with Crippen molar-refractivity contribution in [1.82, 2.24) is 5.32 Å². The van der Waals surface area contributed by atoms with E-state index in [0.717, 1.165) is 42.7 Å². The van der Waals surface area contributed by atoms with E-state index in [9.17, 15) is 4.79 Å². The van der Waals surface area contributed by atoms with E-state index in [-0.39, 0.29) is 5.91 Å². The van der Waals surface area contributed by atoms with E-state index in [1.165, 1.54) is 19.3 Å². The average Bonchev–Trinajstić information content (AvgIpc) is 2.94. The zero-order valence-electron chi connectivity index (χ0n) is 11.5. The fourth-order valence-electron chi connectivity index (χ4n) is 3.04. The van der Waals surface area contributed by atoms with Crippen molar-refractivity contribution in [2.75, 3.05) is 6.61 Å². The number of nitrogens with one attached hydrogen (secondary N) is 1. The zero-order valence-corrected chi connectivity index (χ0v) is 12.3. The predicted molar refractivity (Wildman–Crippen MR) is 79.3 cm³/mol. The lowest BCUT2D eigenvalue weighted by molar-refractivity contribution is -0.121. The minimum Gasteiger partial charge on any atom is -0.493 e. The van der Waals surface area contributed by atoms with Gasteiger partial charge in [0.2, 0.25) is 5.91 Å².